The molecule has 9 nitrogen and oxygen atoms in total. The summed E-state index contributed by atoms with van der Waals surface area (Å²) in [5.74, 6) is -0.536. The van der Waals surface area contributed by atoms with E-state index < -0.39 is 16.7 Å². The van der Waals surface area contributed by atoms with E-state index in [0.717, 1.165) is 0 Å². The number of methoxy groups -OCH3 is 1. The average Bonchev–Trinajstić information content (AvgIpc) is 2.85. The number of hydrogen-bond donors (Lipinski definition) is 2. The maximum atomic E-state index is 12.8. The first-order valence-electron chi connectivity index (χ1n) is 9.87. The maximum absolute atomic E-state index is 12.8. The van der Waals surface area contributed by atoms with Crippen LogP contribution in [0.5, 0.6) is 5.75 Å². The lowest BCUT2D eigenvalue weighted by molar-refractivity contribution is -0.384. The molecule has 3 aromatic carbocycles. The second kappa shape index (κ2) is 11.4. The molecule has 0 aliphatic heterocycles. The van der Waals surface area contributed by atoms with Crippen molar-refractivity contribution < 1.29 is 19.2 Å². The Balaban J connectivity index is 1.81. The molecule has 2 amide bonds. The van der Waals surface area contributed by atoms with Crippen LogP contribution >= 0.6 is 11.6 Å². The summed E-state index contributed by atoms with van der Waals surface area (Å²) in [6.45, 7) is 0. The van der Waals surface area contributed by atoms with Gasteiger partial charge in [-0.05, 0) is 42.0 Å². The summed E-state index contributed by atoms with van der Waals surface area (Å²) in [6, 6.07) is 19.4. The van der Waals surface area contributed by atoms with E-state index in [4.69, 9.17) is 16.3 Å². The second-order valence-corrected chi connectivity index (χ2v) is 7.23. The van der Waals surface area contributed by atoms with Gasteiger partial charge >= 0.3 is 0 Å². The molecule has 0 aliphatic carbocycles. The predicted octanol–water partition coefficient (Wildman–Crippen LogP) is 4.18. The van der Waals surface area contributed by atoms with E-state index in [0.29, 0.717) is 22.4 Å². The molecule has 3 rings (SSSR count). The second-order valence-electron chi connectivity index (χ2n) is 6.82. The van der Waals surface area contributed by atoms with Crippen LogP contribution in [0, 0.1) is 10.1 Å². The molecular weight excluding hydrogens is 460 g/mol. The van der Waals surface area contributed by atoms with Gasteiger partial charge in [0, 0.05) is 17.2 Å². The van der Waals surface area contributed by atoms with Crippen LogP contribution in [0.1, 0.15) is 21.5 Å². The highest BCUT2D eigenvalue weighted by molar-refractivity contribution is 6.32. The molecular formula is C24H19ClN4O5. The summed E-state index contributed by atoms with van der Waals surface area (Å²) in [5, 5.41) is 17.4. The fraction of sp³-hybridized carbons (Fsp3) is 0.0417. The first-order chi connectivity index (χ1) is 16.4. The monoisotopic (exact) mass is 478 g/mol. The first-order valence-corrected chi connectivity index (χ1v) is 10.2. The molecule has 0 saturated heterocycles. The van der Waals surface area contributed by atoms with Crippen molar-refractivity contribution in [2.45, 2.75) is 0 Å². The lowest BCUT2D eigenvalue weighted by atomic mass is 10.1. The van der Waals surface area contributed by atoms with Crippen LogP contribution in [-0.2, 0) is 4.79 Å². The maximum Gasteiger partial charge on any atom is 0.288 e. The zero-order valence-corrected chi connectivity index (χ0v) is 18.7. The average molecular weight is 479 g/mol. The molecule has 0 fully saturated rings. The van der Waals surface area contributed by atoms with Crippen molar-refractivity contribution in [1.29, 1.82) is 0 Å². The highest BCUT2D eigenvalue weighted by atomic mass is 35.5. The highest BCUT2D eigenvalue weighted by Gasteiger charge is 2.15. The minimum absolute atomic E-state index is 0.0143. The number of nitro groups is 1. The molecule has 0 unspecified atom stereocenters. The van der Waals surface area contributed by atoms with E-state index in [2.05, 4.69) is 15.8 Å². The summed E-state index contributed by atoms with van der Waals surface area (Å²) in [7, 11) is 1.54. The molecule has 0 bridgehead atoms. The zero-order chi connectivity index (χ0) is 24.5. The molecule has 0 spiro atoms. The quantitative estimate of drug-likeness (QED) is 0.217. The van der Waals surface area contributed by atoms with E-state index in [1.807, 2.05) is 0 Å². The van der Waals surface area contributed by atoms with Gasteiger partial charge in [-0.25, -0.2) is 5.43 Å². The Hall–Kier alpha value is -4.50. The number of ether oxygens (including phenoxy) is 1. The highest BCUT2D eigenvalue weighted by Crippen LogP contribution is 2.24. The van der Waals surface area contributed by atoms with Crippen LogP contribution in [-0.4, -0.2) is 30.1 Å². The van der Waals surface area contributed by atoms with Crippen molar-refractivity contribution in [2.24, 2.45) is 5.10 Å². The fourth-order valence-corrected chi connectivity index (χ4v) is 2.97. The Morgan fingerprint density at radius 1 is 1.03 bits per heavy atom. The molecule has 2 N–H and O–H groups in total. The van der Waals surface area contributed by atoms with Crippen molar-refractivity contribution >= 4 is 41.4 Å². The van der Waals surface area contributed by atoms with E-state index in [-0.39, 0.29) is 16.4 Å². The largest absolute Gasteiger partial charge is 0.497 e. The molecule has 0 atom stereocenters. The Labute approximate surface area is 199 Å². The fourth-order valence-electron chi connectivity index (χ4n) is 2.78. The van der Waals surface area contributed by atoms with Crippen LogP contribution in [0.4, 0.5) is 5.69 Å². The number of carbonyl (C=O) groups excluding carboxylic acids is 2. The predicted molar refractivity (Wildman–Crippen MR) is 129 cm³/mol. The smallest absolute Gasteiger partial charge is 0.288 e. The number of nitrogens with zero attached hydrogens (tertiary/aromatic N) is 2. The number of carbonyl (C=O) groups is 2. The third kappa shape index (κ3) is 6.50. The van der Waals surface area contributed by atoms with E-state index in [9.17, 15) is 19.7 Å². The summed E-state index contributed by atoms with van der Waals surface area (Å²) in [5.41, 5.74) is 3.33. The Kier molecular flexibility index (Phi) is 8.09. The summed E-state index contributed by atoms with van der Waals surface area (Å²) < 4.78 is 5.13. The number of amides is 2. The Bertz CT molecular complexity index is 1260. The van der Waals surface area contributed by atoms with E-state index in [1.54, 1.807) is 54.6 Å². The van der Waals surface area contributed by atoms with E-state index >= 15 is 0 Å². The number of hydrazone groups is 1. The van der Waals surface area contributed by atoms with Crippen molar-refractivity contribution in [3.63, 3.8) is 0 Å². The van der Waals surface area contributed by atoms with Crippen molar-refractivity contribution in [3.05, 3.63) is 110 Å². The summed E-state index contributed by atoms with van der Waals surface area (Å²) in [4.78, 5) is 35.8. The van der Waals surface area contributed by atoms with Crippen LogP contribution in [0.3, 0.4) is 0 Å². The summed E-state index contributed by atoms with van der Waals surface area (Å²) in [6.07, 6.45) is 2.71. The van der Waals surface area contributed by atoms with Gasteiger partial charge in [-0.15, -0.1) is 0 Å². The minimum Gasteiger partial charge on any atom is -0.497 e. The molecule has 0 heterocycles. The van der Waals surface area contributed by atoms with Gasteiger partial charge in [-0.3, -0.25) is 19.7 Å². The molecule has 0 saturated carbocycles. The van der Waals surface area contributed by atoms with Crippen molar-refractivity contribution in [3.8, 4) is 5.75 Å². The van der Waals surface area contributed by atoms with Gasteiger partial charge < -0.3 is 10.1 Å². The SMILES string of the molecule is COc1ccc(C=C(NC(=O)c2ccccc2)C(=O)NN=Cc2ccc(Cl)c([N+](=O)[O-])c2)cc1. The number of nitrogens with one attached hydrogen (secondary N) is 2. The molecule has 0 radical (unpaired) electrons. The van der Waals surface area contributed by atoms with Gasteiger partial charge in [0.1, 0.15) is 16.5 Å². The summed E-state index contributed by atoms with van der Waals surface area (Å²) >= 11 is 5.80. The zero-order valence-electron chi connectivity index (χ0n) is 17.9. The van der Waals surface area contributed by atoms with Crippen molar-refractivity contribution in [2.75, 3.05) is 7.11 Å². The molecule has 0 aromatic heterocycles. The number of rotatable bonds is 8. The van der Waals surface area contributed by atoms with Gasteiger partial charge in [0.05, 0.1) is 18.2 Å². The van der Waals surface area contributed by atoms with Gasteiger partial charge in [-0.2, -0.15) is 5.10 Å². The number of nitro benzene ring substituents is 1. The Morgan fingerprint density at radius 2 is 1.71 bits per heavy atom. The number of hydrogen-bond acceptors (Lipinski definition) is 6. The molecule has 172 valence electrons. The lowest BCUT2D eigenvalue weighted by Crippen LogP contribution is -2.32. The van der Waals surface area contributed by atoms with Gasteiger partial charge in [0.25, 0.3) is 17.5 Å². The normalized spacial score (nSPS) is 11.2. The van der Waals surface area contributed by atoms with Crippen LogP contribution in [0.2, 0.25) is 5.02 Å². The third-order valence-corrected chi connectivity index (χ3v) is 4.82. The van der Waals surface area contributed by atoms with Crippen LogP contribution in [0.15, 0.2) is 83.6 Å². The topological polar surface area (TPSA) is 123 Å². The standard InChI is InChI=1S/C24H19ClN4O5/c1-34-19-10-7-16(8-11-19)13-21(27-23(30)18-5-3-2-4-6-18)24(31)28-26-15-17-9-12-20(25)22(14-17)29(32)33/h2-15H,1H3,(H,27,30)(H,28,31). The van der Waals surface area contributed by atoms with Crippen molar-refractivity contribution in [1.82, 2.24) is 10.7 Å². The minimum atomic E-state index is -0.695. The van der Waals surface area contributed by atoms with Gasteiger partial charge in [0.15, 0.2) is 0 Å². The molecule has 0 aliphatic rings. The first kappa shape index (κ1) is 24.1. The molecule has 3 aromatic rings. The molecule has 34 heavy (non-hydrogen) atoms. The van der Waals surface area contributed by atoms with Gasteiger partial charge in [-0.1, -0.05) is 48.0 Å². The molecule has 10 heteroatoms. The lowest BCUT2D eigenvalue weighted by Gasteiger charge is -2.09. The van der Waals surface area contributed by atoms with E-state index in [1.165, 1.54) is 37.6 Å². The van der Waals surface area contributed by atoms with Gasteiger partial charge in [0.2, 0.25) is 0 Å². The third-order valence-electron chi connectivity index (χ3n) is 4.50. The Morgan fingerprint density at radius 3 is 2.35 bits per heavy atom. The van der Waals surface area contributed by atoms with Crippen LogP contribution in [0.25, 0.3) is 6.08 Å². The van der Waals surface area contributed by atoms with Crippen LogP contribution < -0.4 is 15.5 Å². The number of halogens is 1. The number of benzene rings is 3.